The molecule has 0 saturated heterocycles. The molecule has 0 saturated carbocycles. The van der Waals surface area contributed by atoms with Crippen molar-refractivity contribution < 1.29 is 0 Å². The van der Waals surface area contributed by atoms with Gasteiger partial charge < -0.3 is 11.2 Å². The summed E-state index contributed by atoms with van der Waals surface area (Å²) in [6.07, 6.45) is 1.02. The molecule has 1 unspecified atom stereocenters. The normalized spacial score (nSPS) is 26.7. The summed E-state index contributed by atoms with van der Waals surface area (Å²) in [7, 11) is 0. The van der Waals surface area contributed by atoms with Crippen LogP contribution in [-0.2, 0) is 0 Å². The molecule has 1 rings (SSSR count). The third kappa shape index (κ3) is 1.00. The lowest BCUT2D eigenvalue weighted by Crippen LogP contribution is -2.31. The standard InChI is InChI=1S/C6H13N3/c1-3-5-4(2)8-9-6(5)7/h4,8-9H,3,7H2,1-2H3. The maximum Gasteiger partial charge on any atom is 0.111 e. The smallest absolute Gasteiger partial charge is 0.111 e. The van der Waals surface area contributed by atoms with Gasteiger partial charge in [0.25, 0.3) is 0 Å². The molecule has 1 heterocycles. The second kappa shape index (κ2) is 2.27. The molecule has 0 aromatic rings. The van der Waals surface area contributed by atoms with E-state index < -0.39 is 0 Å². The van der Waals surface area contributed by atoms with Crippen molar-refractivity contribution in [1.29, 1.82) is 0 Å². The van der Waals surface area contributed by atoms with Crippen molar-refractivity contribution in [2.24, 2.45) is 5.73 Å². The Labute approximate surface area is 55.3 Å². The van der Waals surface area contributed by atoms with Crippen LogP contribution in [0.1, 0.15) is 20.3 Å². The van der Waals surface area contributed by atoms with Crippen LogP contribution in [0.2, 0.25) is 0 Å². The highest BCUT2D eigenvalue weighted by molar-refractivity contribution is 5.18. The first kappa shape index (κ1) is 6.42. The van der Waals surface area contributed by atoms with Crippen LogP contribution in [0.5, 0.6) is 0 Å². The first-order valence-electron chi connectivity index (χ1n) is 3.25. The number of nitrogens with one attached hydrogen (secondary N) is 2. The Morgan fingerprint density at radius 3 is 2.56 bits per heavy atom. The first-order chi connectivity index (χ1) is 4.25. The van der Waals surface area contributed by atoms with Gasteiger partial charge in [-0.15, -0.1) is 0 Å². The predicted molar refractivity (Wildman–Crippen MR) is 37.2 cm³/mol. The van der Waals surface area contributed by atoms with Crippen molar-refractivity contribution in [3.05, 3.63) is 11.4 Å². The second-order valence-corrected chi connectivity index (χ2v) is 2.28. The predicted octanol–water partition coefficient (Wildman–Crippen LogP) is 0.0630. The summed E-state index contributed by atoms with van der Waals surface area (Å²) < 4.78 is 0. The Bertz CT molecular complexity index is 139. The van der Waals surface area contributed by atoms with E-state index in [4.69, 9.17) is 5.73 Å². The summed E-state index contributed by atoms with van der Waals surface area (Å²) in [6, 6.07) is 0.398. The molecule has 3 nitrogen and oxygen atoms in total. The van der Waals surface area contributed by atoms with E-state index in [9.17, 15) is 0 Å². The lowest BCUT2D eigenvalue weighted by Gasteiger charge is -2.03. The van der Waals surface area contributed by atoms with Crippen LogP contribution in [0.3, 0.4) is 0 Å². The molecule has 4 N–H and O–H groups in total. The van der Waals surface area contributed by atoms with Gasteiger partial charge in [-0.25, -0.2) is 5.43 Å². The fourth-order valence-corrected chi connectivity index (χ4v) is 1.08. The molecule has 1 aliphatic rings. The van der Waals surface area contributed by atoms with Crippen LogP contribution < -0.4 is 16.6 Å². The third-order valence-corrected chi connectivity index (χ3v) is 1.67. The van der Waals surface area contributed by atoms with Gasteiger partial charge in [-0.3, -0.25) is 0 Å². The zero-order valence-corrected chi connectivity index (χ0v) is 5.86. The van der Waals surface area contributed by atoms with Crippen LogP contribution >= 0.6 is 0 Å². The van der Waals surface area contributed by atoms with E-state index in [0.717, 1.165) is 12.2 Å². The van der Waals surface area contributed by atoms with Crippen LogP contribution in [-0.4, -0.2) is 6.04 Å². The van der Waals surface area contributed by atoms with Gasteiger partial charge in [0.05, 0.1) is 0 Å². The van der Waals surface area contributed by atoms with Crippen LogP contribution in [0.4, 0.5) is 0 Å². The Kier molecular flexibility index (Phi) is 1.62. The van der Waals surface area contributed by atoms with E-state index in [2.05, 4.69) is 24.7 Å². The van der Waals surface area contributed by atoms with Crippen molar-refractivity contribution in [3.8, 4) is 0 Å². The maximum atomic E-state index is 5.59. The molecular formula is C6H13N3. The molecule has 0 aromatic heterocycles. The van der Waals surface area contributed by atoms with Crippen molar-refractivity contribution >= 4 is 0 Å². The Morgan fingerprint density at radius 2 is 2.33 bits per heavy atom. The Hall–Kier alpha value is -0.700. The largest absolute Gasteiger partial charge is 0.384 e. The molecular weight excluding hydrogens is 114 g/mol. The van der Waals surface area contributed by atoms with Gasteiger partial charge in [0.2, 0.25) is 0 Å². The zero-order valence-electron chi connectivity index (χ0n) is 5.86. The fourth-order valence-electron chi connectivity index (χ4n) is 1.08. The molecule has 0 amide bonds. The van der Waals surface area contributed by atoms with E-state index in [1.165, 1.54) is 5.57 Å². The SMILES string of the molecule is CCC1=C(N)NNC1C. The molecule has 3 heteroatoms. The number of hydrogen-bond donors (Lipinski definition) is 3. The summed E-state index contributed by atoms with van der Waals surface area (Å²) in [4.78, 5) is 0. The molecule has 9 heavy (non-hydrogen) atoms. The third-order valence-electron chi connectivity index (χ3n) is 1.67. The van der Waals surface area contributed by atoms with E-state index in [1.807, 2.05) is 0 Å². The maximum absolute atomic E-state index is 5.59. The van der Waals surface area contributed by atoms with Crippen LogP contribution in [0.15, 0.2) is 11.4 Å². The first-order valence-corrected chi connectivity index (χ1v) is 3.25. The van der Waals surface area contributed by atoms with Crippen LogP contribution in [0, 0.1) is 0 Å². The fraction of sp³-hybridized carbons (Fsp3) is 0.667. The van der Waals surface area contributed by atoms with E-state index in [0.29, 0.717) is 6.04 Å². The van der Waals surface area contributed by atoms with Gasteiger partial charge in [0.1, 0.15) is 5.82 Å². The second-order valence-electron chi connectivity index (χ2n) is 2.28. The number of hydrogen-bond acceptors (Lipinski definition) is 3. The van der Waals surface area contributed by atoms with Gasteiger partial charge in [0.15, 0.2) is 0 Å². The Morgan fingerprint density at radius 1 is 1.67 bits per heavy atom. The molecule has 0 fully saturated rings. The number of hydrazine groups is 1. The minimum Gasteiger partial charge on any atom is -0.384 e. The van der Waals surface area contributed by atoms with Gasteiger partial charge in [0, 0.05) is 6.04 Å². The number of rotatable bonds is 1. The summed E-state index contributed by atoms with van der Waals surface area (Å²) >= 11 is 0. The Balaban J connectivity index is 2.69. The minimum atomic E-state index is 0.398. The molecule has 0 radical (unpaired) electrons. The molecule has 0 bridgehead atoms. The summed E-state index contributed by atoms with van der Waals surface area (Å²) in [5.74, 6) is 0.796. The van der Waals surface area contributed by atoms with Crippen molar-refractivity contribution in [1.82, 2.24) is 10.9 Å². The average molecular weight is 127 g/mol. The lowest BCUT2D eigenvalue weighted by atomic mass is 10.1. The van der Waals surface area contributed by atoms with Crippen molar-refractivity contribution in [2.45, 2.75) is 26.3 Å². The summed E-state index contributed by atoms with van der Waals surface area (Å²) in [5.41, 5.74) is 12.8. The highest BCUT2D eigenvalue weighted by Crippen LogP contribution is 2.11. The monoisotopic (exact) mass is 127 g/mol. The van der Waals surface area contributed by atoms with Gasteiger partial charge >= 0.3 is 0 Å². The van der Waals surface area contributed by atoms with Gasteiger partial charge in [-0.05, 0) is 18.9 Å². The topological polar surface area (TPSA) is 50.1 Å². The zero-order chi connectivity index (χ0) is 6.85. The molecule has 1 atom stereocenters. The van der Waals surface area contributed by atoms with Crippen molar-refractivity contribution in [3.63, 3.8) is 0 Å². The molecule has 0 spiro atoms. The minimum absolute atomic E-state index is 0.398. The van der Waals surface area contributed by atoms with Crippen molar-refractivity contribution in [2.75, 3.05) is 0 Å². The molecule has 0 aliphatic carbocycles. The highest BCUT2D eigenvalue weighted by Gasteiger charge is 2.16. The van der Waals surface area contributed by atoms with E-state index >= 15 is 0 Å². The quantitative estimate of drug-likeness (QED) is 0.467. The number of nitrogens with two attached hydrogens (primary N) is 1. The lowest BCUT2D eigenvalue weighted by molar-refractivity contribution is 0.591. The summed E-state index contributed by atoms with van der Waals surface area (Å²) in [6.45, 7) is 4.19. The molecule has 0 aromatic carbocycles. The van der Waals surface area contributed by atoms with Gasteiger partial charge in [-0.1, -0.05) is 6.92 Å². The van der Waals surface area contributed by atoms with E-state index in [-0.39, 0.29) is 0 Å². The highest BCUT2D eigenvalue weighted by atomic mass is 15.4. The summed E-state index contributed by atoms with van der Waals surface area (Å²) in [5, 5.41) is 0. The van der Waals surface area contributed by atoms with E-state index in [1.54, 1.807) is 0 Å². The van der Waals surface area contributed by atoms with Gasteiger partial charge in [-0.2, -0.15) is 0 Å². The molecule has 1 aliphatic heterocycles. The average Bonchev–Trinajstić information content (AvgIpc) is 2.12. The van der Waals surface area contributed by atoms with Crippen LogP contribution in [0.25, 0.3) is 0 Å². The molecule has 52 valence electrons.